The van der Waals surface area contributed by atoms with E-state index in [1.807, 2.05) is 35.2 Å². The monoisotopic (exact) mass is 404 g/mol. The Balaban J connectivity index is 1.38. The van der Waals surface area contributed by atoms with Crippen LogP contribution in [0.25, 0.3) is 5.65 Å². The van der Waals surface area contributed by atoms with Gasteiger partial charge in [0.05, 0.1) is 0 Å². The maximum atomic E-state index is 13.0. The zero-order valence-electron chi connectivity index (χ0n) is 15.4. The Hall–Kier alpha value is -3.17. The Kier molecular flexibility index (Phi) is 5.08. The number of amides is 1. The van der Waals surface area contributed by atoms with E-state index >= 15 is 0 Å². The fraction of sp³-hybridized carbons (Fsp3) is 0.368. The molecule has 0 aliphatic carbocycles. The van der Waals surface area contributed by atoms with Crippen LogP contribution in [-0.4, -0.2) is 38.8 Å². The molecule has 3 aromatic rings. The summed E-state index contributed by atoms with van der Waals surface area (Å²) in [6.07, 6.45) is -3.42. The highest BCUT2D eigenvalue weighted by molar-refractivity contribution is 5.79. The highest BCUT2D eigenvalue weighted by Crippen LogP contribution is 2.28. The molecule has 1 saturated heterocycles. The zero-order valence-corrected chi connectivity index (χ0v) is 15.4. The quantitative estimate of drug-likeness (QED) is 0.724. The predicted molar refractivity (Wildman–Crippen MR) is 99.0 cm³/mol. The molecule has 1 aliphatic rings. The lowest BCUT2D eigenvalue weighted by atomic mass is 9.96. The molecule has 1 fully saturated rings. The van der Waals surface area contributed by atoms with Gasteiger partial charge in [-0.15, -0.1) is 15.3 Å². The second-order valence-electron chi connectivity index (χ2n) is 6.95. The normalized spacial score (nSPS) is 15.6. The number of aromatic nitrogens is 4. The standard InChI is InChI=1S/C19H19F3N6O/c20-19(21,22)18-25-24-15-6-7-16(26-28(15)18)27-10-8-14(9-11-27)17(29)23-12-13-4-2-1-3-5-13/h1-7,14H,8-12H2,(H,23,29). The maximum Gasteiger partial charge on any atom is 0.453 e. The van der Waals surface area contributed by atoms with Gasteiger partial charge in [-0.2, -0.15) is 17.7 Å². The van der Waals surface area contributed by atoms with Crippen molar-refractivity contribution in [1.82, 2.24) is 25.1 Å². The summed E-state index contributed by atoms with van der Waals surface area (Å²) in [5, 5.41) is 13.7. The van der Waals surface area contributed by atoms with Crippen LogP contribution in [0.3, 0.4) is 0 Å². The first-order valence-electron chi connectivity index (χ1n) is 9.28. The van der Waals surface area contributed by atoms with E-state index < -0.39 is 12.0 Å². The minimum Gasteiger partial charge on any atom is -0.355 e. The number of piperidine rings is 1. The van der Waals surface area contributed by atoms with Crippen molar-refractivity contribution in [2.24, 2.45) is 5.92 Å². The lowest BCUT2D eigenvalue weighted by Crippen LogP contribution is -2.40. The number of nitrogens with one attached hydrogen (secondary N) is 1. The Labute approximate surface area is 164 Å². The molecule has 2 aromatic heterocycles. The molecule has 1 N–H and O–H groups in total. The molecule has 152 valence electrons. The average molecular weight is 404 g/mol. The number of benzene rings is 1. The second-order valence-corrected chi connectivity index (χ2v) is 6.95. The molecule has 0 spiro atoms. The van der Waals surface area contributed by atoms with Gasteiger partial charge in [0.15, 0.2) is 5.65 Å². The summed E-state index contributed by atoms with van der Waals surface area (Å²) >= 11 is 0. The molecule has 10 heteroatoms. The van der Waals surface area contributed by atoms with E-state index in [1.54, 1.807) is 6.07 Å². The Morgan fingerprint density at radius 1 is 1.07 bits per heavy atom. The van der Waals surface area contributed by atoms with Gasteiger partial charge in [0, 0.05) is 25.6 Å². The van der Waals surface area contributed by atoms with Gasteiger partial charge in [0.25, 0.3) is 5.82 Å². The van der Waals surface area contributed by atoms with Crippen LogP contribution < -0.4 is 10.2 Å². The van der Waals surface area contributed by atoms with Gasteiger partial charge in [-0.3, -0.25) is 4.79 Å². The van der Waals surface area contributed by atoms with Crippen LogP contribution in [0.5, 0.6) is 0 Å². The Bertz CT molecular complexity index is 996. The van der Waals surface area contributed by atoms with Crippen LogP contribution in [0.15, 0.2) is 42.5 Å². The molecule has 0 saturated carbocycles. The summed E-state index contributed by atoms with van der Waals surface area (Å²) in [5.41, 5.74) is 1.07. The van der Waals surface area contributed by atoms with E-state index in [-0.39, 0.29) is 17.5 Å². The smallest absolute Gasteiger partial charge is 0.355 e. The second kappa shape index (κ2) is 7.69. The highest BCUT2D eigenvalue weighted by atomic mass is 19.4. The number of carbonyl (C=O) groups excluding carboxylic acids is 1. The molecule has 7 nitrogen and oxygen atoms in total. The molecule has 0 bridgehead atoms. The van der Waals surface area contributed by atoms with Gasteiger partial charge >= 0.3 is 6.18 Å². The maximum absolute atomic E-state index is 13.0. The number of hydrogen-bond donors (Lipinski definition) is 1. The van der Waals surface area contributed by atoms with E-state index in [0.29, 0.717) is 42.8 Å². The van der Waals surface area contributed by atoms with Gasteiger partial charge in [-0.05, 0) is 30.5 Å². The third kappa shape index (κ3) is 4.15. The van der Waals surface area contributed by atoms with Crippen LogP contribution in [-0.2, 0) is 17.5 Å². The summed E-state index contributed by atoms with van der Waals surface area (Å²) in [4.78, 5) is 14.3. The number of fused-ring (bicyclic) bond motifs is 1. The molecule has 1 amide bonds. The van der Waals surface area contributed by atoms with Crippen molar-refractivity contribution in [3.63, 3.8) is 0 Å². The van der Waals surface area contributed by atoms with Gasteiger partial charge in [0.2, 0.25) is 5.91 Å². The van der Waals surface area contributed by atoms with Crippen molar-refractivity contribution in [1.29, 1.82) is 0 Å². The topological polar surface area (TPSA) is 75.4 Å². The fourth-order valence-corrected chi connectivity index (χ4v) is 3.42. The van der Waals surface area contributed by atoms with Crippen LogP contribution in [0, 0.1) is 5.92 Å². The van der Waals surface area contributed by atoms with Crippen LogP contribution in [0.1, 0.15) is 24.2 Å². The zero-order chi connectivity index (χ0) is 20.4. The molecule has 3 heterocycles. The van der Waals surface area contributed by atoms with Crippen LogP contribution in [0.4, 0.5) is 19.0 Å². The molecule has 0 radical (unpaired) electrons. The van der Waals surface area contributed by atoms with Crippen LogP contribution in [0.2, 0.25) is 0 Å². The first-order chi connectivity index (χ1) is 13.9. The molecule has 29 heavy (non-hydrogen) atoms. The van der Waals surface area contributed by atoms with E-state index in [9.17, 15) is 18.0 Å². The number of anilines is 1. The number of rotatable bonds is 4. The largest absolute Gasteiger partial charge is 0.453 e. The van der Waals surface area contributed by atoms with Gasteiger partial charge < -0.3 is 10.2 Å². The van der Waals surface area contributed by atoms with E-state index in [0.717, 1.165) is 5.56 Å². The summed E-state index contributed by atoms with van der Waals surface area (Å²) in [7, 11) is 0. The summed E-state index contributed by atoms with van der Waals surface area (Å²) in [6.45, 7) is 1.54. The van der Waals surface area contributed by atoms with Crippen molar-refractivity contribution < 1.29 is 18.0 Å². The van der Waals surface area contributed by atoms with Gasteiger partial charge in [-0.1, -0.05) is 30.3 Å². The summed E-state index contributed by atoms with van der Waals surface area (Å²) in [6, 6.07) is 12.7. The number of nitrogens with zero attached hydrogens (tertiary/aromatic N) is 5. The number of carbonyl (C=O) groups is 1. The minimum absolute atomic E-state index is 0.00455. The SMILES string of the molecule is O=C(NCc1ccccc1)C1CCN(c2ccc3nnc(C(F)(F)F)n3n2)CC1. The van der Waals surface area contributed by atoms with Gasteiger partial charge in [0.1, 0.15) is 5.82 Å². The first kappa shape index (κ1) is 19.2. The third-order valence-corrected chi connectivity index (χ3v) is 5.00. The third-order valence-electron chi connectivity index (χ3n) is 5.00. The van der Waals surface area contributed by atoms with Gasteiger partial charge in [-0.25, -0.2) is 0 Å². The fourth-order valence-electron chi connectivity index (χ4n) is 3.42. The number of halogens is 3. The summed E-state index contributed by atoms with van der Waals surface area (Å²) < 4.78 is 39.8. The summed E-state index contributed by atoms with van der Waals surface area (Å²) in [5.74, 6) is -0.870. The number of hydrogen-bond acceptors (Lipinski definition) is 5. The molecule has 1 aromatic carbocycles. The van der Waals surface area contributed by atoms with Crippen molar-refractivity contribution in [2.75, 3.05) is 18.0 Å². The van der Waals surface area contributed by atoms with Crippen molar-refractivity contribution >= 4 is 17.4 Å². The average Bonchev–Trinajstić information content (AvgIpc) is 3.17. The predicted octanol–water partition coefficient (Wildman–Crippen LogP) is 2.68. The lowest BCUT2D eigenvalue weighted by molar-refractivity contribution is -0.146. The molecule has 4 rings (SSSR count). The Morgan fingerprint density at radius 3 is 2.48 bits per heavy atom. The molecular weight excluding hydrogens is 385 g/mol. The lowest BCUT2D eigenvalue weighted by Gasteiger charge is -2.32. The first-order valence-corrected chi connectivity index (χ1v) is 9.28. The molecular formula is C19H19F3N6O. The molecule has 0 atom stereocenters. The van der Waals surface area contributed by atoms with Crippen molar-refractivity contribution in [3.8, 4) is 0 Å². The Morgan fingerprint density at radius 2 is 1.79 bits per heavy atom. The molecule has 0 unspecified atom stereocenters. The van der Waals surface area contributed by atoms with Crippen molar-refractivity contribution in [2.45, 2.75) is 25.6 Å². The number of alkyl halides is 3. The highest BCUT2D eigenvalue weighted by Gasteiger charge is 2.38. The minimum atomic E-state index is -4.63. The molecule has 1 aliphatic heterocycles. The van der Waals surface area contributed by atoms with Crippen molar-refractivity contribution in [3.05, 3.63) is 53.9 Å². The van der Waals surface area contributed by atoms with E-state index in [4.69, 9.17) is 0 Å². The van der Waals surface area contributed by atoms with E-state index in [2.05, 4.69) is 20.6 Å². The van der Waals surface area contributed by atoms with E-state index in [1.165, 1.54) is 6.07 Å². The van der Waals surface area contributed by atoms with Crippen LogP contribution >= 0.6 is 0 Å².